The molecule has 1 N–H and O–H groups in total. The molecule has 0 spiro atoms. The Balaban J connectivity index is 1.44. The van der Waals surface area contributed by atoms with E-state index in [0.717, 1.165) is 49.6 Å². The Morgan fingerprint density at radius 3 is 3.00 bits per heavy atom. The van der Waals surface area contributed by atoms with Crippen LogP contribution in [0.1, 0.15) is 29.8 Å². The summed E-state index contributed by atoms with van der Waals surface area (Å²) < 4.78 is 0. The lowest BCUT2D eigenvalue weighted by Gasteiger charge is -2.36. The number of nitrogens with one attached hydrogen (secondary N) is 1. The van der Waals surface area contributed by atoms with Crippen LogP contribution >= 0.6 is 0 Å². The van der Waals surface area contributed by atoms with E-state index >= 15 is 0 Å². The van der Waals surface area contributed by atoms with Crippen LogP contribution in [0.4, 0.5) is 0 Å². The summed E-state index contributed by atoms with van der Waals surface area (Å²) in [5.74, 6) is 0.802. The van der Waals surface area contributed by atoms with Gasteiger partial charge in [0, 0.05) is 50.3 Å². The smallest absolute Gasteiger partial charge is 0.227 e. The van der Waals surface area contributed by atoms with Crippen LogP contribution in [0.3, 0.4) is 0 Å². The first-order valence-corrected chi connectivity index (χ1v) is 9.08. The Labute approximate surface area is 148 Å². The van der Waals surface area contributed by atoms with E-state index in [1.165, 1.54) is 6.42 Å². The summed E-state index contributed by atoms with van der Waals surface area (Å²) in [6.07, 6.45) is 8.09. The average molecular weight is 339 g/mol. The van der Waals surface area contributed by atoms with Crippen molar-refractivity contribution in [1.29, 1.82) is 0 Å². The molecule has 0 radical (unpaired) electrons. The number of carbonyl (C=O) groups is 1. The molecule has 2 aromatic rings. The zero-order valence-electron chi connectivity index (χ0n) is 14.7. The second kappa shape index (κ2) is 6.96. The lowest BCUT2D eigenvalue weighted by Crippen LogP contribution is -2.48. The lowest BCUT2D eigenvalue weighted by atomic mass is 9.94. The van der Waals surface area contributed by atoms with Crippen molar-refractivity contribution < 1.29 is 4.79 Å². The molecular weight excluding hydrogens is 314 g/mol. The van der Waals surface area contributed by atoms with Crippen LogP contribution < -0.4 is 0 Å². The predicted octanol–water partition coefficient (Wildman–Crippen LogP) is 1.78. The minimum atomic E-state index is 0.237. The fraction of sp³-hybridized carbons (Fsp3) is 0.526. The number of hydrogen-bond donors (Lipinski definition) is 1. The number of aromatic nitrogens is 3. The number of amides is 1. The van der Waals surface area contributed by atoms with Gasteiger partial charge >= 0.3 is 0 Å². The summed E-state index contributed by atoms with van der Waals surface area (Å²) in [4.78, 5) is 29.2. The summed E-state index contributed by atoms with van der Waals surface area (Å²) in [6, 6.07) is 4.20. The van der Waals surface area contributed by atoms with Crippen molar-refractivity contribution in [2.75, 3.05) is 19.6 Å². The Morgan fingerprint density at radius 1 is 1.32 bits per heavy atom. The number of fused-ring (bicyclic) bond motifs is 4. The van der Waals surface area contributed by atoms with Crippen LogP contribution in [-0.4, -0.2) is 56.3 Å². The second-order valence-corrected chi connectivity index (χ2v) is 7.35. The molecule has 3 fully saturated rings. The van der Waals surface area contributed by atoms with Crippen molar-refractivity contribution in [2.24, 2.45) is 5.92 Å². The van der Waals surface area contributed by atoms with Gasteiger partial charge in [-0.25, -0.2) is 4.98 Å². The van der Waals surface area contributed by atoms with Gasteiger partial charge in [-0.15, -0.1) is 0 Å². The molecule has 5 heterocycles. The standard InChI is InChI=1S/C19H25N5O/c1-14-18(22-13-21-14)12-23-9-16-4-5-17(11-23)24(10-16)19(25)7-15-3-2-6-20-8-15/h2-3,6,8,13,16-17H,4-5,7,9-12H2,1H3,(H,21,22)/t16-,17+/m1/s1. The summed E-state index contributed by atoms with van der Waals surface area (Å²) in [5, 5.41) is 0. The van der Waals surface area contributed by atoms with Crippen LogP contribution in [0.25, 0.3) is 0 Å². The molecule has 3 aliphatic rings. The Morgan fingerprint density at radius 2 is 2.24 bits per heavy atom. The molecule has 2 bridgehead atoms. The molecule has 5 rings (SSSR count). The van der Waals surface area contributed by atoms with E-state index in [0.29, 0.717) is 18.4 Å². The molecular formula is C19H25N5O. The van der Waals surface area contributed by atoms with Crippen LogP contribution in [0.2, 0.25) is 0 Å². The van der Waals surface area contributed by atoms with Crippen molar-refractivity contribution in [3.8, 4) is 0 Å². The number of aryl methyl sites for hydroxylation is 1. The molecule has 3 saturated heterocycles. The highest BCUT2D eigenvalue weighted by Gasteiger charge is 2.37. The first-order valence-electron chi connectivity index (χ1n) is 9.08. The number of rotatable bonds is 4. The van der Waals surface area contributed by atoms with Gasteiger partial charge in [-0.2, -0.15) is 0 Å². The summed E-state index contributed by atoms with van der Waals surface area (Å²) in [7, 11) is 0. The predicted molar refractivity (Wildman–Crippen MR) is 94.8 cm³/mol. The van der Waals surface area contributed by atoms with E-state index in [9.17, 15) is 4.79 Å². The summed E-state index contributed by atoms with van der Waals surface area (Å²) >= 11 is 0. The van der Waals surface area contributed by atoms with E-state index < -0.39 is 0 Å². The molecule has 6 nitrogen and oxygen atoms in total. The molecule has 3 aliphatic heterocycles. The molecule has 0 aromatic carbocycles. The molecule has 6 heteroatoms. The maximum atomic E-state index is 12.9. The molecule has 2 aromatic heterocycles. The van der Waals surface area contributed by atoms with Gasteiger partial charge in [-0.05, 0) is 37.3 Å². The normalized spacial score (nSPS) is 23.6. The van der Waals surface area contributed by atoms with Gasteiger partial charge < -0.3 is 9.88 Å². The largest absolute Gasteiger partial charge is 0.348 e. The van der Waals surface area contributed by atoms with Gasteiger partial charge in [-0.3, -0.25) is 14.7 Å². The van der Waals surface area contributed by atoms with Gasteiger partial charge in [0.15, 0.2) is 0 Å². The minimum Gasteiger partial charge on any atom is -0.348 e. The zero-order valence-corrected chi connectivity index (χ0v) is 14.7. The maximum Gasteiger partial charge on any atom is 0.227 e. The van der Waals surface area contributed by atoms with Gasteiger partial charge in [0.1, 0.15) is 0 Å². The second-order valence-electron chi connectivity index (χ2n) is 7.35. The van der Waals surface area contributed by atoms with Crippen molar-refractivity contribution >= 4 is 5.91 Å². The highest BCUT2D eigenvalue weighted by atomic mass is 16.2. The van der Waals surface area contributed by atoms with E-state index in [2.05, 4.69) is 31.7 Å². The highest BCUT2D eigenvalue weighted by Crippen LogP contribution is 2.29. The van der Waals surface area contributed by atoms with Gasteiger partial charge in [0.2, 0.25) is 5.91 Å². The molecule has 132 valence electrons. The van der Waals surface area contributed by atoms with E-state index in [1.54, 1.807) is 18.7 Å². The third-order valence-corrected chi connectivity index (χ3v) is 5.50. The van der Waals surface area contributed by atoms with Crippen LogP contribution in [-0.2, 0) is 17.8 Å². The van der Waals surface area contributed by atoms with Gasteiger partial charge in [-0.1, -0.05) is 6.07 Å². The SMILES string of the molecule is Cc1[nH]cnc1CN1C[C@H]2CC[C@@H](C1)N(C(=O)Cc1cccnc1)C2. The quantitative estimate of drug-likeness (QED) is 0.922. The minimum absolute atomic E-state index is 0.237. The summed E-state index contributed by atoms with van der Waals surface area (Å²) in [6.45, 7) is 5.83. The van der Waals surface area contributed by atoms with Crippen molar-refractivity contribution in [3.05, 3.63) is 47.8 Å². The number of pyridine rings is 1. The number of imidazole rings is 1. The number of carbonyl (C=O) groups excluding carboxylic acids is 1. The van der Waals surface area contributed by atoms with Gasteiger partial charge in [0.05, 0.1) is 18.4 Å². The Kier molecular flexibility index (Phi) is 4.53. The monoisotopic (exact) mass is 339 g/mol. The van der Waals surface area contributed by atoms with E-state index in [-0.39, 0.29) is 5.91 Å². The van der Waals surface area contributed by atoms with E-state index in [4.69, 9.17) is 0 Å². The molecule has 0 saturated carbocycles. The number of aromatic amines is 1. The zero-order chi connectivity index (χ0) is 17.2. The van der Waals surface area contributed by atoms with Crippen LogP contribution in [0.15, 0.2) is 30.9 Å². The number of piperidine rings is 1. The third kappa shape index (κ3) is 3.58. The first kappa shape index (κ1) is 16.3. The van der Waals surface area contributed by atoms with Gasteiger partial charge in [0.25, 0.3) is 0 Å². The number of hydrogen-bond acceptors (Lipinski definition) is 4. The van der Waals surface area contributed by atoms with Crippen molar-refractivity contribution in [1.82, 2.24) is 24.8 Å². The number of nitrogens with zero attached hydrogens (tertiary/aromatic N) is 4. The topological polar surface area (TPSA) is 65.1 Å². The maximum absolute atomic E-state index is 12.9. The molecule has 25 heavy (non-hydrogen) atoms. The molecule has 0 aliphatic carbocycles. The molecule has 0 unspecified atom stereocenters. The molecule has 1 amide bonds. The van der Waals surface area contributed by atoms with Crippen LogP contribution in [0.5, 0.6) is 0 Å². The van der Waals surface area contributed by atoms with E-state index in [1.807, 2.05) is 12.1 Å². The Hall–Kier alpha value is -2.21. The first-order chi connectivity index (χ1) is 12.2. The highest BCUT2D eigenvalue weighted by molar-refractivity contribution is 5.79. The molecule has 2 atom stereocenters. The fourth-order valence-electron chi connectivity index (χ4n) is 4.15. The Bertz CT molecular complexity index is 728. The average Bonchev–Trinajstić information content (AvgIpc) is 2.83. The number of H-pyrrole nitrogens is 1. The fourth-order valence-corrected chi connectivity index (χ4v) is 4.15. The summed E-state index contributed by atoms with van der Waals surface area (Å²) in [5.41, 5.74) is 3.26. The third-order valence-electron chi connectivity index (χ3n) is 5.50. The van der Waals surface area contributed by atoms with Crippen LogP contribution in [0, 0.1) is 12.8 Å². The van der Waals surface area contributed by atoms with Crippen molar-refractivity contribution in [3.63, 3.8) is 0 Å². The lowest BCUT2D eigenvalue weighted by molar-refractivity contribution is -0.134. The van der Waals surface area contributed by atoms with Crippen molar-refractivity contribution in [2.45, 2.75) is 38.8 Å².